The Bertz CT molecular complexity index is 378. The number of aromatic hydroxyl groups is 1. The normalized spacial score (nSPS) is 12.5. The SMILES string of the molecule is O=C(O)C(O)c1ccc(F)c(O)c1F. The van der Waals surface area contributed by atoms with Crippen LogP contribution in [0.25, 0.3) is 0 Å². The van der Waals surface area contributed by atoms with Crippen LogP contribution in [0.5, 0.6) is 5.75 Å². The number of phenols is 1. The van der Waals surface area contributed by atoms with Crippen molar-refractivity contribution in [3.05, 3.63) is 29.3 Å². The molecular weight excluding hydrogens is 198 g/mol. The molecule has 1 rings (SSSR count). The lowest BCUT2D eigenvalue weighted by Gasteiger charge is -2.08. The highest BCUT2D eigenvalue weighted by Gasteiger charge is 2.23. The molecule has 1 atom stereocenters. The number of hydrogen-bond donors (Lipinski definition) is 3. The summed E-state index contributed by atoms with van der Waals surface area (Å²) in [6.07, 6.45) is -2.12. The van der Waals surface area contributed by atoms with Crippen molar-refractivity contribution in [3.63, 3.8) is 0 Å². The first-order valence-electron chi connectivity index (χ1n) is 3.53. The Morgan fingerprint density at radius 3 is 2.43 bits per heavy atom. The van der Waals surface area contributed by atoms with Gasteiger partial charge in [0.25, 0.3) is 0 Å². The molecule has 14 heavy (non-hydrogen) atoms. The zero-order valence-electron chi connectivity index (χ0n) is 6.74. The van der Waals surface area contributed by atoms with E-state index in [1.54, 1.807) is 0 Å². The fourth-order valence-corrected chi connectivity index (χ4v) is 0.901. The fourth-order valence-electron chi connectivity index (χ4n) is 0.901. The standard InChI is InChI=1S/C8H6F2O4/c9-4-2-1-3(5(10)7(4)12)6(11)8(13)14/h1-2,6,11-12H,(H,13,14). The van der Waals surface area contributed by atoms with E-state index >= 15 is 0 Å². The van der Waals surface area contributed by atoms with Crippen LogP contribution in [0.2, 0.25) is 0 Å². The van der Waals surface area contributed by atoms with Crippen molar-refractivity contribution in [2.24, 2.45) is 0 Å². The number of aliphatic carboxylic acids is 1. The molecule has 76 valence electrons. The minimum atomic E-state index is -2.12. The minimum absolute atomic E-state index is 0.667. The molecule has 0 radical (unpaired) electrons. The van der Waals surface area contributed by atoms with Crippen molar-refractivity contribution in [3.8, 4) is 5.75 Å². The van der Waals surface area contributed by atoms with Gasteiger partial charge >= 0.3 is 5.97 Å². The molecule has 0 aliphatic carbocycles. The van der Waals surface area contributed by atoms with Gasteiger partial charge in [-0.25, -0.2) is 13.6 Å². The van der Waals surface area contributed by atoms with Gasteiger partial charge in [-0.2, -0.15) is 0 Å². The third kappa shape index (κ3) is 1.64. The molecule has 0 bridgehead atoms. The van der Waals surface area contributed by atoms with Crippen molar-refractivity contribution < 1.29 is 28.9 Å². The van der Waals surface area contributed by atoms with Crippen LogP contribution >= 0.6 is 0 Å². The number of rotatable bonds is 2. The summed E-state index contributed by atoms with van der Waals surface area (Å²) >= 11 is 0. The van der Waals surface area contributed by atoms with E-state index in [0.29, 0.717) is 6.07 Å². The first kappa shape index (κ1) is 10.4. The molecule has 6 heteroatoms. The number of phenolic OH excluding ortho intramolecular Hbond substituents is 1. The van der Waals surface area contributed by atoms with Gasteiger partial charge in [0, 0.05) is 5.56 Å². The van der Waals surface area contributed by atoms with Gasteiger partial charge in [0.2, 0.25) is 0 Å². The number of hydrogen-bond acceptors (Lipinski definition) is 3. The van der Waals surface area contributed by atoms with E-state index in [-0.39, 0.29) is 0 Å². The predicted molar refractivity (Wildman–Crippen MR) is 40.6 cm³/mol. The largest absolute Gasteiger partial charge is 0.503 e. The zero-order valence-corrected chi connectivity index (χ0v) is 6.74. The van der Waals surface area contributed by atoms with E-state index in [1.165, 1.54) is 0 Å². The summed E-state index contributed by atoms with van der Waals surface area (Å²) in [6.45, 7) is 0. The lowest BCUT2D eigenvalue weighted by atomic mass is 10.1. The minimum Gasteiger partial charge on any atom is -0.503 e. The van der Waals surface area contributed by atoms with Gasteiger partial charge in [0.15, 0.2) is 23.5 Å². The van der Waals surface area contributed by atoms with Crippen LogP contribution in [0.15, 0.2) is 12.1 Å². The van der Waals surface area contributed by atoms with Crippen molar-refractivity contribution in [2.45, 2.75) is 6.10 Å². The van der Waals surface area contributed by atoms with Crippen LogP contribution in [-0.4, -0.2) is 21.3 Å². The molecule has 0 aliphatic heterocycles. The van der Waals surface area contributed by atoms with Gasteiger partial charge in [0.05, 0.1) is 0 Å². The molecule has 0 aromatic heterocycles. The number of aliphatic hydroxyl groups excluding tert-OH is 1. The molecule has 1 aromatic carbocycles. The molecule has 3 N–H and O–H groups in total. The molecule has 0 fully saturated rings. The van der Waals surface area contributed by atoms with Gasteiger partial charge in [0.1, 0.15) is 0 Å². The molecule has 0 aliphatic rings. The Balaban J connectivity index is 3.24. The highest BCUT2D eigenvalue weighted by Crippen LogP contribution is 2.26. The number of carbonyl (C=O) groups is 1. The van der Waals surface area contributed by atoms with Crippen LogP contribution in [0.4, 0.5) is 8.78 Å². The summed E-state index contributed by atoms with van der Waals surface area (Å²) in [5.74, 6) is -5.68. The molecule has 0 amide bonds. The summed E-state index contributed by atoms with van der Waals surface area (Å²) in [6, 6.07) is 1.42. The molecule has 4 nitrogen and oxygen atoms in total. The number of carboxylic acids is 1. The van der Waals surface area contributed by atoms with E-state index in [9.17, 15) is 13.6 Å². The summed E-state index contributed by atoms with van der Waals surface area (Å²) in [7, 11) is 0. The van der Waals surface area contributed by atoms with Crippen LogP contribution in [0.1, 0.15) is 11.7 Å². The van der Waals surface area contributed by atoms with Crippen LogP contribution < -0.4 is 0 Å². The topological polar surface area (TPSA) is 77.8 Å². The van der Waals surface area contributed by atoms with Crippen LogP contribution in [-0.2, 0) is 4.79 Å². The average Bonchev–Trinajstić information content (AvgIpc) is 2.13. The average molecular weight is 204 g/mol. The van der Waals surface area contributed by atoms with Gasteiger partial charge in [-0.1, -0.05) is 0 Å². The first-order valence-corrected chi connectivity index (χ1v) is 3.53. The number of benzene rings is 1. The number of carboxylic acid groups (broad SMARTS) is 1. The summed E-state index contributed by atoms with van der Waals surface area (Å²) in [5.41, 5.74) is -0.684. The molecule has 1 unspecified atom stereocenters. The molecule has 0 saturated heterocycles. The van der Waals surface area contributed by atoms with E-state index in [0.717, 1.165) is 6.07 Å². The number of halogens is 2. The summed E-state index contributed by atoms with van der Waals surface area (Å²) in [5, 5.41) is 26.0. The maximum absolute atomic E-state index is 13.0. The maximum Gasteiger partial charge on any atom is 0.337 e. The Kier molecular flexibility index (Phi) is 2.66. The Labute approximate surface area is 77.0 Å². The lowest BCUT2D eigenvalue weighted by Crippen LogP contribution is -2.12. The first-order chi connectivity index (χ1) is 6.45. The second kappa shape index (κ2) is 3.59. The Morgan fingerprint density at radius 1 is 1.36 bits per heavy atom. The second-order valence-electron chi connectivity index (χ2n) is 2.54. The predicted octanol–water partition coefficient (Wildman–Crippen LogP) is 0.788. The highest BCUT2D eigenvalue weighted by atomic mass is 19.1. The monoisotopic (exact) mass is 204 g/mol. The van der Waals surface area contributed by atoms with E-state index in [1.807, 2.05) is 0 Å². The fraction of sp³-hybridized carbons (Fsp3) is 0.125. The molecule has 0 heterocycles. The highest BCUT2D eigenvalue weighted by molar-refractivity contribution is 5.74. The van der Waals surface area contributed by atoms with Crippen LogP contribution in [0, 0.1) is 11.6 Å². The van der Waals surface area contributed by atoms with Crippen molar-refractivity contribution in [1.82, 2.24) is 0 Å². The summed E-state index contributed by atoms with van der Waals surface area (Å²) < 4.78 is 25.5. The molecule has 0 saturated carbocycles. The second-order valence-corrected chi connectivity index (χ2v) is 2.54. The third-order valence-corrected chi connectivity index (χ3v) is 1.63. The Hall–Kier alpha value is -1.69. The quantitative estimate of drug-likeness (QED) is 0.665. The van der Waals surface area contributed by atoms with Gasteiger partial charge in [-0.05, 0) is 12.1 Å². The van der Waals surface area contributed by atoms with E-state index in [4.69, 9.17) is 15.3 Å². The van der Waals surface area contributed by atoms with Crippen LogP contribution in [0.3, 0.4) is 0 Å². The molecule has 1 aromatic rings. The molecule has 0 spiro atoms. The third-order valence-electron chi connectivity index (χ3n) is 1.63. The smallest absolute Gasteiger partial charge is 0.337 e. The van der Waals surface area contributed by atoms with Crippen molar-refractivity contribution in [1.29, 1.82) is 0 Å². The van der Waals surface area contributed by atoms with Crippen molar-refractivity contribution in [2.75, 3.05) is 0 Å². The number of aliphatic hydroxyl groups is 1. The van der Waals surface area contributed by atoms with Gasteiger partial charge < -0.3 is 15.3 Å². The van der Waals surface area contributed by atoms with Gasteiger partial charge in [-0.15, -0.1) is 0 Å². The summed E-state index contributed by atoms with van der Waals surface area (Å²) in [4.78, 5) is 10.3. The Morgan fingerprint density at radius 2 is 1.93 bits per heavy atom. The maximum atomic E-state index is 13.0. The van der Waals surface area contributed by atoms with Gasteiger partial charge in [-0.3, -0.25) is 0 Å². The van der Waals surface area contributed by atoms with E-state index < -0.39 is 35.0 Å². The van der Waals surface area contributed by atoms with E-state index in [2.05, 4.69) is 0 Å². The molecular formula is C8H6F2O4. The lowest BCUT2D eigenvalue weighted by molar-refractivity contribution is -0.147. The van der Waals surface area contributed by atoms with Crippen molar-refractivity contribution >= 4 is 5.97 Å². The zero-order chi connectivity index (χ0) is 10.9.